The number of para-hydroxylation sites is 2. The first-order chi connectivity index (χ1) is 8.25. The molecule has 84 valence electrons. The van der Waals surface area contributed by atoms with Crippen molar-refractivity contribution in [2.24, 2.45) is 0 Å². The van der Waals surface area contributed by atoms with Gasteiger partial charge in [0.1, 0.15) is 17.1 Å². The van der Waals surface area contributed by atoms with Gasteiger partial charge in [0.15, 0.2) is 0 Å². The third-order valence-electron chi connectivity index (χ3n) is 2.62. The summed E-state index contributed by atoms with van der Waals surface area (Å²) in [6, 6.07) is 12.6. The molecule has 0 saturated carbocycles. The number of aromatic nitrogens is 2. The Hall–Kier alpha value is -2.00. The average Bonchev–Trinajstić information content (AvgIpc) is 2.75. The number of hydrogen-bond donors (Lipinski definition) is 2. The van der Waals surface area contributed by atoms with Gasteiger partial charge in [0.25, 0.3) is 0 Å². The van der Waals surface area contributed by atoms with E-state index in [2.05, 4.69) is 9.97 Å². The average molecular weight is 245 g/mol. The van der Waals surface area contributed by atoms with Gasteiger partial charge in [0.2, 0.25) is 0 Å². The number of halogens is 1. The summed E-state index contributed by atoms with van der Waals surface area (Å²) in [7, 11) is 0. The smallest absolute Gasteiger partial charge is 0.142 e. The highest BCUT2D eigenvalue weighted by Gasteiger charge is 2.10. The number of hydrogen-bond acceptors (Lipinski definition) is 2. The highest BCUT2D eigenvalue weighted by atomic mass is 35.5. The van der Waals surface area contributed by atoms with Gasteiger partial charge < -0.3 is 10.1 Å². The number of fused-ring (bicyclic) bond motifs is 1. The molecule has 0 aliphatic carbocycles. The standard InChI is InChI=1S/C13H9ClN2O/c14-9-5-3-6-10-12(9)16-13(15-10)8-4-1-2-7-11(8)17/h1-7,17H,(H,15,16). The van der Waals surface area contributed by atoms with Gasteiger partial charge in [0, 0.05) is 0 Å². The van der Waals surface area contributed by atoms with Gasteiger partial charge in [-0.2, -0.15) is 0 Å². The topological polar surface area (TPSA) is 48.9 Å². The van der Waals surface area contributed by atoms with Crippen molar-refractivity contribution in [2.45, 2.75) is 0 Å². The normalized spacial score (nSPS) is 10.9. The molecule has 0 aliphatic heterocycles. The van der Waals surface area contributed by atoms with Crippen molar-refractivity contribution in [3.05, 3.63) is 47.5 Å². The number of aromatic hydroxyl groups is 1. The van der Waals surface area contributed by atoms with E-state index < -0.39 is 0 Å². The third-order valence-corrected chi connectivity index (χ3v) is 2.93. The summed E-state index contributed by atoms with van der Waals surface area (Å²) in [6.45, 7) is 0. The number of nitrogens with one attached hydrogen (secondary N) is 1. The minimum atomic E-state index is 0.197. The number of aromatic amines is 1. The van der Waals surface area contributed by atoms with Gasteiger partial charge in [0.05, 0.1) is 16.1 Å². The molecular weight excluding hydrogens is 236 g/mol. The molecule has 0 amide bonds. The summed E-state index contributed by atoms with van der Waals surface area (Å²) in [5.74, 6) is 0.814. The molecule has 1 aromatic heterocycles. The maximum Gasteiger partial charge on any atom is 0.142 e. The second-order valence-corrected chi connectivity index (χ2v) is 4.15. The summed E-state index contributed by atoms with van der Waals surface area (Å²) in [5.41, 5.74) is 2.24. The fourth-order valence-corrected chi connectivity index (χ4v) is 2.02. The summed E-state index contributed by atoms with van der Waals surface area (Å²) in [6.07, 6.45) is 0. The lowest BCUT2D eigenvalue weighted by molar-refractivity contribution is 0.477. The van der Waals surface area contributed by atoms with Crippen LogP contribution >= 0.6 is 11.6 Å². The second kappa shape index (κ2) is 3.79. The van der Waals surface area contributed by atoms with E-state index in [0.29, 0.717) is 21.9 Å². The molecule has 2 aromatic carbocycles. The highest BCUT2D eigenvalue weighted by Crippen LogP contribution is 2.30. The zero-order valence-electron chi connectivity index (χ0n) is 8.81. The number of nitrogens with zero attached hydrogens (tertiary/aromatic N) is 1. The minimum absolute atomic E-state index is 0.197. The Bertz CT molecular complexity index is 691. The van der Waals surface area contributed by atoms with Crippen LogP contribution in [0.25, 0.3) is 22.4 Å². The SMILES string of the molecule is Oc1ccccc1-c1nc2c(Cl)cccc2[nH]1. The molecule has 0 fully saturated rings. The number of rotatable bonds is 1. The van der Waals surface area contributed by atoms with Crippen LogP contribution in [-0.2, 0) is 0 Å². The molecule has 0 bridgehead atoms. The maximum atomic E-state index is 9.77. The van der Waals surface area contributed by atoms with Crippen molar-refractivity contribution in [1.29, 1.82) is 0 Å². The van der Waals surface area contributed by atoms with E-state index in [-0.39, 0.29) is 5.75 Å². The van der Waals surface area contributed by atoms with E-state index >= 15 is 0 Å². The van der Waals surface area contributed by atoms with Crippen molar-refractivity contribution in [3.8, 4) is 17.1 Å². The quantitative estimate of drug-likeness (QED) is 0.687. The highest BCUT2D eigenvalue weighted by molar-refractivity contribution is 6.35. The van der Waals surface area contributed by atoms with Crippen LogP contribution in [-0.4, -0.2) is 15.1 Å². The zero-order chi connectivity index (χ0) is 11.8. The molecule has 1 heterocycles. The van der Waals surface area contributed by atoms with Crippen LogP contribution in [0.1, 0.15) is 0 Å². The molecule has 0 spiro atoms. The first-order valence-corrected chi connectivity index (χ1v) is 5.56. The summed E-state index contributed by atoms with van der Waals surface area (Å²) in [4.78, 5) is 7.53. The van der Waals surface area contributed by atoms with Gasteiger partial charge in [-0.1, -0.05) is 29.8 Å². The minimum Gasteiger partial charge on any atom is -0.507 e. The van der Waals surface area contributed by atoms with Gasteiger partial charge >= 0.3 is 0 Å². The zero-order valence-corrected chi connectivity index (χ0v) is 9.57. The third kappa shape index (κ3) is 1.65. The van der Waals surface area contributed by atoms with Crippen LogP contribution in [0.4, 0.5) is 0 Å². The predicted molar refractivity (Wildman–Crippen MR) is 68.2 cm³/mol. The lowest BCUT2D eigenvalue weighted by Crippen LogP contribution is -1.80. The largest absolute Gasteiger partial charge is 0.507 e. The fourth-order valence-electron chi connectivity index (χ4n) is 1.80. The Morgan fingerprint density at radius 1 is 1.06 bits per heavy atom. The Morgan fingerprint density at radius 3 is 2.65 bits per heavy atom. The van der Waals surface area contributed by atoms with E-state index in [1.54, 1.807) is 24.3 Å². The van der Waals surface area contributed by atoms with Crippen molar-refractivity contribution in [1.82, 2.24) is 9.97 Å². The molecule has 2 N–H and O–H groups in total. The number of phenolic OH excluding ortho intramolecular Hbond substituents is 1. The number of benzene rings is 2. The molecule has 0 aliphatic rings. The van der Waals surface area contributed by atoms with E-state index in [9.17, 15) is 5.11 Å². The van der Waals surface area contributed by atoms with E-state index in [4.69, 9.17) is 11.6 Å². The summed E-state index contributed by atoms with van der Waals surface area (Å²) >= 11 is 6.05. The van der Waals surface area contributed by atoms with Crippen LogP contribution < -0.4 is 0 Å². The predicted octanol–water partition coefficient (Wildman–Crippen LogP) is 3.59. The van der Waals surface area contributed by atoms with Gasteiger partial charge in [-0.05, 0) is 24.3 Å². The van der Waals surface area contributed by atoms with Crippen LogP contribution in [0.3, 0.4) is 0 Å². The van der Waals surface area contributed by atoms with Gasteiger partial charge in [-0.25, -0.2) is 4.98 Å². The molecule has 3 aromatic rings. The number of imidazole rings is 1. The molecule has 3 nitrogen and oxygen atoms in total. The van der Waals surface area contributed by atoms with Crippen LogP contribution in [0.15, 0.2) is 42.5 Å². The van der Waals surface area contributed by atoms with Crippen LogP contribution in [0.2, 0.25) is 5.02 Å². The van der Waals surface area contributed by atoms with Crippen LogP contribution in [0.5, 0.6) is 5.75 Å². The van der Waals surface area contributed by atoms with Gasteiger partial charge in [-0.3, -0.25) is 0 Å². The van der Waals surface area contributed by atoms with Crippen molar-refractivity contribution < 1.29 is 5.11 Å². The molecule has 4 heteroatoms. The fraction of sp³-hybridized carbons (Fsp3) is 0. The summed E-state index contributed by atoms with van der Waals surface area (Å²) < 4.78 is 0. The molecule has 0 saturated heterocycles. The molecular formula is C13H9ClN2O. The Labute approximate surface area is 103 Å². The Morgan fingerprint density at radius 2 is 1.88 bits per heavy atom. The molecule has 0 atom stereocenters. The first kappa shape index (κ1) is 10.2. The monoisotopic (exact) mass is 244 g/mol. The summed E-state index contributed by atoms with van der Waals surface area (Å²) in [5, 5.41) is 10.4. The van der Waals surface area contributed by atoms with Crippen molar-refractivity contribution in [2.75, 3.05) is 0 Å². The molecule has 3 rings (SSSR count). The molecule has 0 radical (unpaired) electrons. The van der Waals surface area contributed by atoms with Crippen LogP contribution in [0, 0.1) is 0 Å². The number of H-pyrrole nitrogens is 1. The maximum absolute atomic E-state index is 9.77. The van der Waals surface area contributed by atoms with E-state index in [1.165, 1.54) is 0 Å². The molecule has 0 unspecified atom stereocenters. The molecule has 17 heavy (non-hydrogen) atoms. The van der Waals surface area contributed by atoms with Crippen molar-refractivity contribution >= 4 is 22.6 Å². The van der Waals surface area contributed by atoms with Gasteiger partial charge in [-0.15, -0.1) is 0 Å². The van der Waals surface area contributed by atoms with Crippen molar-refractivity contribution in [3.63, 3.8) is 0 Å². The lowest BCUT2D eigenvalue weighted by Gasteiger charge is -1.98. The van der Waals surface area contributed by atoms with E-state index in [0.717, 1.165) is 5.52 Å². The first-order valence-electron chi connectivity index (χ1n) is 5.18. The number of phenols is 1. The lowest BCUT2D eigenvalue weighted by atomic mass is 10.2. The Balaban J connectivity index is 2.26. The second-order valence-electron chi connectivity index (χ2n) is 3.74. The Kier molecular flexibility index (Phi) is 2.27. The van der Waals surface area contributed by atoms with E-state index in [1.807, 2.05) is 18.2 Å².